The molecule has 0 fully saturated rings. The van der Waals surface area contributed by atoms with Crippen LogP contribution in [0.5, 0.6) is 0 Å². The number of hydrogen-bond acceptors (Lipinski definition) is 2. The molecule has 2 rings (SSSR count). The normalized spacial score (nSPS) is 12.3. The molecular weight excluding hydrogens is 254 g/mol. The number of anilines is 1. The average Bonchev–Trinajstić information content (AvgIpc) is 2.38. The summed E-state index contributed by atoms with van der Waals surface area (Å²) in [5.74, 6) is 1.27. The van der Waals surface area contributed by atoms with Crippen LogP contribution in [0.4, 0.5) is 5.69 Å². The van der Waals surface area contributed by atoms with E-state index in [1.54, 1.807) is 0 Å². The maximum atomic E-state index is 12.1. The second-order valence-corrected chi connectivity index (χ2v) is 6.30. The largest absolute Gasteiger partial charge is 0.399 e. The van der Waals surface area contributed by atoms with Crippen LogP contribution in [0.1, 0.15) is 16.7 Å². The van der Waals surface area contributed by atoms with Crippen LogP contribution in [0.15, 0.2) is 48.5 Å². The number of benzene rings is 2. The molecule has 0 radical (unpaired) electrons. The smallest absolute Gasteiger partial charge is 0.0485 e. The molecule has 2 aromatic carbocycles. The standard InChI is InChI=1S/C16H19NOS/c1-13-5-4-6-14(11-13)12-19(18)10-9-15-7-2-3-8-16(15)17/h2-8,11H,9-10,12,17H2,1H3. The molecule has 0 aromatic heterocycles. The first-order valence-electron chi connectivity index (χ1n) is 6.39. The van der Waals surface area contributed by atoms with Crippen LogP contribution >= 0.6 is 0 Å². The summed E-state index contributed by atoms with van der Waals surface area (Å²) in [6, 6.07) is 16.0. The van der Waals surface area contributed by atoms with Crippen molar-refractivity contribution in [1.29, 1.82) is 0 Å². The number of rotatable bonds is 5. The van der Waals surface area contributed by atoms with Gasteiger partial charge in [-0.1, -0.05) is 48.0 Å². The summed E-state index contributed by atoms with van der Waals surface area (Å²) in [4.78, 5) is 0. The number of para-hydroxylation sites is 1. The molecule has 0 saturated heterocycles. The van der Waals surface area contributed by atoms with Gasteiger partial charge in [-0.3, -0.25) is 4.21 Å². The molecule has 2 aromatic rings. The van der Waals surface area contributed by atoms with Crippen molar-refractivity contribution in [1.82, 2.24) is 0 Å². The Morgan fingerprint density at radius 2 is 1.89 bits per heavy atom. The van der Waals surface area contributed by atoms with Crippen molar-refractivity contribution < 1.29 is 4.21 Å². The van der Waals surface area contributed by atoms with Crippen LogP contribution in [0, 0.1) is 6.92 Å². The first-order chi connectivity index (χ1) is 9.15. The van der Waals surface area contributed by atoms with E-state index in [1.165, 1.54) is 5.56 Å². The SMILES string of the molecule is Cc1cccc(CS(=O)CCc2ccccc2N)c1. The minimum absolute atomic E-state index is 0.619. The molecular formula is C16H19NOS. The predicted molar refractivity (Wildman–Crippen MR) is 82.5 cm³/mol. The first kappa shape index (κ1) is 13.8. The fourth-order valence-corrected chi connectivity index (χ4v) is 3.19. The zero-order chi connectivity index (χ0) is 13.7. The quantitative estimate of drug-likeness (QED) is 0.851. The Balaban J connectivity index is 1.90. The highest BCUT2D eigenvalue weighted by Crippen LogP contribution is 2.13. The van der Waals surface area contributed by atoms with Crippen LogP contribution in [-0.4, -0.2) is 9.96 Å². The highest BCUT2D eigenvalue weighted by molar-refractivity contribution is 7.84. The van der Waals surface area contributed by atoms with E-state index in [9.17, 15) is 4.21 Å². The molecule has 0 aliphatic heterocycles. The number of nitrogens with two attached hydrogens (primary N) is 1. The van der Waals surface area contributed by atoms with E-state index >= 15 is 0 Å². The molecule has 3 heteroatoms. The van der Waals surface area contributed by atoms with Gasteiger partial charge in [0.2, 0.25) is 0 Å². The van der Waals surface area contributed by atoms with Crippen molar-refractivity contribution in [3.8, 4) is 0 Å². The maximum absolute atomic E-state index is 12.1. The first-order valence-corrected chi connectivity index (χ1v) is 7.88. The summed E-state index contributed by atoms with van der Waals surface area (Å²) in [5.41, 5.74) is 10.1. The number of hydrogen-bond donors (Lipinski definition) is 1. The number of nitrogen functional groups attached to an aromatic ring is 1. The lowest BCUT2D eigenvalue weighted by molar-refractivity contribution is 0.682. The lowest BCUT2D eigenvalue weighted by Crippen LogP contribution is -2.05. The average molecular weight is 273 g/mol. The van der Waals surface area contributed by atoms with Crippen molar-refractivity contribution in [3.63, 3.8) is 0 Å². The van der Waals surface area contributed by atoms with Gasteiger partial charge in [-0.25, -0.2) is 0 Å². The Kier molecular flexibility index (Phi) is 4.74. The lowest BCUT2D eigenvalue weighted by atomic mass is 10.1. The van der Waals surface area contributed by atoms with Gasteiger partial charge >= 0.3 is 0 Å². The van der Waals surface area contributed by atoms with Gasteiger partial charge in [-0.2, -0.15) is 0 Å². The molecule has 100 valence electrons. The van der Waals surface area contributed by atoms with Crippen molar-refractivity contribution >= 4 is 16.5 Å². The van der Waals surface area contributed by atoms with E-state index in [0.717, 1.165) is 23.2 Å². The van der Waals surface area contributed by atoms with E-state index in [0.29, 0.717) is 11.5 Å². The van der Waals surface area contributed by atoms with E-state index < -0.39 is 10.8 Å². The van der Waals surface area contributed by atoms with Gasteiger partial charge in [-0.15, -0.1) is 0 Å². The summed E-state index contributed by atoms with van der Waals surface area (Å²) >= 11 is 0. The van der Waals surface area contributed by atoms with Crippen LogP contribution in [-0.2, 0) is 23.0 Å². The van der Waals surface area contributed by atoms with Gasteiger partial charge in [0.05, 0.1) is 0 Å². The summed E-state index contributed by atoms with van der Waals surface area (Å²) in [7, 11) is -0.844. The Bertz CT molecular complexity index is 580. The third-order valence-electron chi connectivity index (χ3n) is 3.06. The Labute approximate surface area is 117 Å². The summed E-state index contributed by atoms with van der Waals surface area (Å²) < 4.78 is 12.1. The number of aryl methyl sites for hydroxylation is 2. The van der Waals surface area contributed by atoms with E-state index in [-0.39, 0.29) is 0 Å². The molecule has 0 aliphatic rings. The molecule has 0 bridgehead atoms. The highest BCUT2D eigenvalue weighted by atomic mass is 32.2. The van der Waals surface area contributed by atoms with Gasteiger partial charge < -0.3 is 5.73 Å². The highest BCUT2D eigenvalue weighted by Gasteiger charge is 2.04. The second kappa shape index (κ2) is 6.53. The fraction of sp³-hybridized carbons (Fsp3) is 0.250. The lowest BCUT2D eigenvalue weighted by Gasteiger charge is -2.06. The third kappa shape index (κ3) is 4.21. The van der Waals surface area contributed by atoms with Gasteiger partial charge in [0, 0.05) is 28.0 Å². The van der Waals surface area contributed by atoms with E-state index in [4.69, 9.17) is 5.73 Å². The van der Waals surface area contributed by atoms with Gasteiger partial charge in [0.25, 0.3) is 0 Å². The topological polar surface area (TPSA) is 43.1 Å². The minimum Gasteiger partial charge on any atom is -0.399 e. The molecule has 19 heavy (non-hydrogen) atoms. The predicted octanol–water partition coefficient (Wildman–Crippen LogP) is 3.07. The van der Waals surface area contributed by atoms with E-state index in [2.05, 4.69) is 19.1 Å². The second-order valence-electron chi connectivity index (χ2n) is 4.73. The Hall–Kier alpha value is -1.61. The van der Waals surface area contributed by atoms with Crippen molar-refractivity contribution in [2.45, 2.75) is 19.1 Å². The third-order valence-corrected chi connectivity index (χ3v) is 4.38. The van der Waals surface area contributed by atoms with Crippen LogP contribution in [0.2, 0.25) is 0 Å². The van der Waals surface area contributed by atoms with Crippen molar-refractivity contribution in [2.24, 2.45) is 0 Å². The molecule has 0 heterocycles. The molecule has 0 aliphatic carbocycles. The molecule has 2 nitrogen and oxygen atoms in total. The van der Waals surface area contributed by atoms with Gasteiger partial charge in [0.1, 0.15) is 0 Å². The Morgan fingerprint density at radius 1 is 1.11 bits per heavy atom. The van der Waals surface area contributed by atoms with Crippen LogP contribution in [0.25, 0.3) is 0 Å². The summed E-state index contributed by atoms with van der Waals surface area (Å²) in [6.45, 7) is 2.05. The van der Waals surface area contributed by atoms with E-state index in [1.807, 2.05) is 36.4 Å². The molecule has 0 saturated carbocycles. The molecule has 0 spiro atoms. The molecule has 1 unspecified atom stereocenters. The zero-order valence-electron chi connectivity index (χ0n) is 11.1. The van der Waals surface area contributed by atoms with Crippen molar-refractivity contribution in [3.05, 3.63) is 65.2 Å². The summed E-state index contributed by atoms with van der Waals surface area (Å²) in [6.07, 6.45) is 0.769. The van der Waals surface area contributed by atoms with Gasteiger partial charge in [-0.05, 0) is 30.5 Å². The molecule has 0 amide bonds. The maximum Gasteiger partial charge on any atom is 0.0485 e. The van der Waals surface area contributed by atoms with Crippen LogP contribution < -0.4 is 5.73 Å². The zero-order valence-corrected chi connectivity index (χ0v) is 12.0. The monoisotopic (exact) mass is 273 g/mol. The summed E-state index contributed by atoms with van der Waals surface area (Å²) in [5, 5.41) is 0. The van der Waals surface area contributed by atoms with Crippen LogP contribution in [0.3, 0.4) is 0 Å². The minimum atomic E-state index is -0.844. The molecule has 2 N–H and O–H groups in total. The Morgan fingerprint density at radius 3 is 2.63 bits per heavy atom. The van der Waals surface area contributed by atoms with Crippen molar-refractivity contribution in [2.75, 3.05) is 11.5 Å². The van der Waals surface area contributed by atoms with Gasteiger partial charge in [0.15, 0.2) is 0 Å². The fourth-order valence-electron chi connectivity index (χ4n) is 2.05. The molecule has 1 atom stereocenters.